The molecule has 0 saturated carbocycles. The maximum atomic E-state index is 12.5. The Balaban J connectivity index is 3.32. The van der Waals surface area contributed by atoms with E-state index in [1.165, 1.54) is 6.07 Å². The quantitative estimate of drug-likeness (QED) is 0.656. The maximum absolute atomic E-state index is 12.5. The second-order valence-corrected chi connectivity index (χ2v) is 4.31. The lowest BCUT2D eigenvalue weighted by Gasteiger charge is -2.12. The molecular formula is C9H7Br2F3. The minimum Gasteiger partial charge on any atom is -0.166 e. The van der Waals surface area contributed by atoms with E-state index in [2.05, 4.69) is 31.9 Å². The first-order valence-corrected chi connectivity index (χ1v) is 5.70. The Morgan fingerprint density at radius 2 is 1.86 bits per heavy atom. The summed E-state index contributed by atoms with van der Waals surface area (Å²) in [7, 11) is 0. The Morgan fingerprint density at radius 3 is 2.29 bits per heavy atom. The molecule has 0 aromatic heterocycles. The third-order valence-corrected chi connectivity index (χ3v) is 3.14. The van der Waals surface area contributed by atoms with Gasteiger partial charge in [0.2, 0.25) is 0 Å². The van der Waals surface area contributed by atoms with E-state index in [1.54, 1.807) is 6.92 Å². The van der Waals surface area contributed by atoms with Crippen LogP contribution in [0.3, 0.4) is 0 Å². The summed E-state index contributed by atoms with van der Waals surface area (Å²) in [6.45, 7) is 1.78. The van der Waals surface area contributed by atoms with Crippen molar-refractivity contribution in [3.63, 3.8) is 0 Å². The van der Waals surface area contributed by atoms with Gasteiger partial charge in [-0.3, -0.25) is 0 Å². The van der Waals surface area contributed by atoms with Gasteiger partial charge in [-0.2, -0.15) is 13.2 Å². The lowest BCUT2D eigenvalue weighted by atomic mass is 10.1. The molecule has 14 heavy (non-hydrogen) atoms. The van der Waals surface area contributed by atoms with Crippen molar-refractivity contribution in [2.75, 3.05) is 0 Å². The van der Waals surface area contributed by atoms with Crippen LogP contribution in [-0.4, -0.2) is 0 Å². The Hall–Kier alpha value is -0.0300. The number of hydrogen-bond donors (Lipinski definition) is 0. The fourth-order valence-corrected chi connectivity index (χ4v) is 2.37. The molecule has 0 atom stereocenters. The number of benzene rings is 1. The zero-order chi connectivity index (χ0) is 10.9. The predicted molar refractivity (Wildman–Crippen MR) is 56.5 cm³/mol. The van der Waals surface area contributed by atoms with Crippen molar-refractivity contribution in [1.29, 1.82) is 0 Å². The molecule has 0 heterocycles. The molecule has 0 aliphatic rings. The van der Waals surface area contributed by atoms with Gasteiger partial charge in [0.05, 0.1) is 5.56 Å². The fraction of sp³-hybridized carbons (Fsp3) is 0.333. The standard InChI is InChI=1S/C9H7Br2F3/c1-5-2-8(11)7(9(12,13)14)3-6(5)4-10/h2-3H,4H2,1H3. The highest BCUT2D eigenvalue weighted by Gasteiger charge is 2.33. The molecule has 0 aliphatic heterocycles. The monoisotopic (exact) mass is 330 g/mol. The van der Waals surface area contributed by atoms with Crippen molar-refractivity contribution in [2.45, 2.75) is 18.4 Å². The Bertz CT molecular complexity index is 345. The van der Waals surface area contributed by atoms with Gasteiger partial charge in [-0.05, 0) is 30.2 Å². The van der Waals surface area contributed by atoms with Crippen LogP contribution < -0.4 is 0 Å². The minimum atomic E-state index is -4.30. The van der Waals surface area contributed by atoms with Crippen LogP contribution in [0.15, 0.2) is 16.6 Å². The summed E-state index contributed by atoms with van der Waals surface area (Å²) in [6.07, 6.45) is -4.30. The third kappa shape index (κ3) is 2.51. The van der Waals surface area contributed by atoms with E-state index in [9.17, 15) is 13.2 Å². The molecule has 1 aromatic carbocycles. The van der Waals surface area contributed by atoms with Crippen LogP contribution in [0.2, 0.25) is 0 Å². The van der Waals surface area contributed by atoms with Gasteiger partial charge in [-0.15, -0.1) is 0 Å². The lowest BCUT2D eigenvalue weighted by molar-refractivity contribution is -0.138. The number of alkyl halides is 4. The average Bonchev–Trinajstić information content (AvgIpc) is 2.02. The molecule has 0 N–H and O–H groups in total. The molecule has 0 unspecified atom stereocenters. The van der Waals surface area contributed by atoms with Crippen LogP contribution >= 0.6 is 31.9 Å². The number of halogens is 5. The summed E-state index contributed by atoms with van der Waals surface area (Å²) in [5, 5.41) is 0.426. The predicted octanol–water partition coefficient (Wildman–Crippen LogP) is 4.67. The van der Waals surface area contributed by atoms with Gasteiger partial charge in [0.25, 0.3) is 0 Å². The molecular weight excluding hydrogens is 325 g/mol. The van der Waals surface area contributed by atoms with Crippen molar-refractivity contribution in [1.82, 2.24) is 0 Å². The van der Waals surface area contributed by atoms with Crippen molar-refractivity contribution in [3.8, 4) is 0 Å². The van der Waals surface area contributed by atoms with Crippen molar-refractivity contribution >= 4 is 31.9 Å². The van der Waals surface area contributed by atoms with Crippen LogP contribution in [0.4, 0.5) is 13.2 Å². The van der Waals surface area contributed by atoms with E-state index >= 15 is 0 Å². The highest BCUT2D eigenvalue weighted by atomic mass is 79.9. The van der Waals surface area contributed by atoms with Gasteiger partial charge in [-0.25, -0.2) is 0 Å². The number of hydrogen-bond acceptors (Lipinski definition) is 0. The second-order valence-electron chi connectivity index (χ2n) is 2.89. The summed E-state index contributed by atoms with van der Waals surface area (Å²) < 4.78 is 37.4. The molecule has 5 heteroatoms. The third-order valence-electron chi connectivity index (χ3n) is 1.87. The van der Waals surface area contributed by atoms with Crippen LogP contribution in [0.1, 0.15) is 16.7 Å². The maximum Gasteiger partial charge on any atom is 0.417 e. The summed E-state index contributed by atoms with van der Waals surface area (Å²) >= 11 is 6.06. The van der Waals surface area contributed by atoms with E-state index in [4.69, 9.17) is 0 Å². The molecule has 78 valence electrons. The zero-order valence-corrected chi connectivity index (χ0v) is 10.4. The van der Waals surface area contributed by atoms with Gasteiger partial charge in [0, 0.05) is 9.80 Å². The normalized spacial score (nSPS) is 11.9. The largest absolute Gasteiger partial charge is 0.417 e. The Kier molecular flexibility index (Phi) is 3.63. The first-order chi connectivity index (χ1) is 6.36. The smallest absolute Gasteiger partial charge is 0.166 e. The summed E-state index contributed by atoms with van der Waals surface area (Å²) in [6, 6.07) is 2.65. The topological polar surface area (TPSA) is 0 Å². The van der Waals surface area contributed by atoms with Gasteiger partial charge in [0.15, 0.2) is 0 Å². The van der Waals surface area contributed by atoms with Crippen LogP contribution in [0, 0.1) is 6.92 Å². The Morgan fingerprint density at radius 1 is 1.29 bits per heavy atom. The van der Waals surface area contributed by atoms with Crippen molar-refractivity contribution in [3.05, 3.63) is 33.3 Å². The molecule has 0 nitrogen and oxygen atoms in total. The molecule has 0 amide bonds. The average molecular weight is 332 g/mol. The molecule has 1 aromatic rings. The van der Waals surface area contributed by atoms with Gasteiger partial charge in [-0.1, -0.05) is 31.9 Å². The zero-order valence-electron chi connectivity index (χ0n) is 7.25. The van der Waals surface area contributed by atoms with Gasteiger partial charge >= 0.3 is 6.18 Å². The highest BCUT2D eigenvalue weighted by Crippen LogP contribution is 2.36. The summed E-state index contributed by atoms with van der Waals surface area (Å²) in [5.74, 6) is 0. The molecule has 0 fully saturated rings. The molecule has 0 spiro atoms. The van der Waals surface area contributed by atoms with Crippen molar-refractivity contribution in [2.24, 2.45) is 0 Å². The first-order valence-electron chi connectivity index (χ1n) is 3.78. The van der Waals surface area contributed by atoms with E-state index in [0.717, 1.165) is 11.6 Å². The molecule has 0 aliphatic carbocycles. The van der Waals surface area contributed by atoms with Crippen LogP contribution in [0.5, 0.6) is 0 Å². The van der Waals surface area contributed by atoms with E-state index in [1.807, 2.05) is 0 Å². The van der Waals surface area contributed by atoms with Crippen molar-refractivity contribution < 1.29 is 13.2 Å². The Labute approximate surface area is 96.8 Å². The van der Waals surface area contributed by atoms with Crippen LogP contribution in [-0.2, 0) is 11.5 Å². The van der Waals surface area contributed by atoms with Gasteiger partial charge in [0.1, 0.15) is 0 Å². The van der Waals surface area contributed by atoms with Gasteiger partial charge < -0.3 is 0 Å². The molecule has 0 radical (unpaired) electrons. The van der Waals surface area contributed by atoms with Crippen LogP contribution in [0.25, 0.3) is 0 Å². The minimum absolute atomic E-state index is 0.0900. The number of aryl methyl sites for hydroxylation is 1. The summed E-state index contributed by atoms with van der Waals surface area (Å²) in [5.41, 5.74) is 0.861. The first kappa shape index (κ1) is 12.0. The van der Waals surface area contributed by atoms with E-state index in [0.29, 0.717) is 10.9 Å². The number of rotatable bonds is 1. The SMILES string of the molecule is Cc1cc(Br)c(C(F)(F)F)cc1CBr. The molecule has 0 saturated heterocycles. The fourth-order valence-electron chi connectivity index (χ4n) is 1.08. The molecule has 0 bridgehead atoms. The summed E-state index contributed by atoms with van der Waals surface area (Å²) in [4.78, 5) is 0. The second kappa shape index (κ2) is 4.23. The molecule has 1 rings (SSSR count). The van der Waals surface area contributed by atoms with E-state index < -0.39 is 11.7 Å². The van der Waals surface area contributed by atoms with E-state index in [-0.39, 0.29) is 4.47 Å². The highest BCUT2D eigenvalue weighted by molar-refractivity contribution is 9.10. The lowest BCUT2D eigenvalue weighted by Crippen LogP contribution is -2.07.